The standard InChI is InChI=1S/C9H24N2Si3/c1-12(2)11(13(3)4)14(5)10-8-6-7-9-10/h14H,6-9H2,1-5H3. The summed E-state index contributed by atoms with van der Waals surface area (Å²) >= 11 is 0. The third-order valence-corrected chi connectivity index (χ3v) is 15.3. The lowest BCUT2D eigenvalue weighted by molar-refractivity contribution is 0.514. The van der Waals surface area contributed by atoms with Gasteiger partial charge in [-0.25, -0.2) is 0 Å². The van der Waals surface area contributed by atoms with Crippen molar-refractivity contribution in [1.29, 1.82) is 0 Å². The van der Waals surface area contributed by atoms with Crippen molar-refractivity contribution in [3.63, 3.8) is 0 Å². The Labute approximate surface area is 94.4 Å². The van der Waals surface area contributed by atoms with Gasteiger partial charge in [-0.05, 0) is 32.5 Å². The van der Waals surface area contributed by atoms with Crippen LogP contribution in [0.15, 0.2) is 0 Å². The van der Waals surface area contributed by atoms with Crippen molar-refractivity contribution < 1.29 is 0 Å². The fraction of sp³-hybridized carbons (Fsp3) is 1.00. The molecule has 0 aromatic heterocycles. The predicted molar refractivity (Wildman–Crippen MR) is 70.6 cm³/mol. The van der Waals surface area contributed by atoms with Crippen molar-refractivity contribution in [2.45, 2.75) is 45.6 Å². The van der Waals surface area contributed by atoms with Crippen molar-refractivity contribution in [2.24, 2.45) is 0 Å². The maximum Gasteiger partial charge on any atom is 0.173 e. The van der Waals surface area contributed by atoms with Gasteiger partial charge in [0.1, 0.15) is 17.9 Å². The average molecular weight is 245 g/mol. The van der Waals surface area contributed by atoms with Gasteiger partial charge in [0.15, 0.2) is 9.12 Å². The highest BCUT2D eigenvalue weighted by atomic mass is 28.4. The molecule has 1 heterocycles. The van der Waals surface area contributed by atoms with Crippen molar-refractivity contribution in [3.05, 3.63) is 0 Å². The maximum atomic E-state index is 2.95. The second-order valence-electron chi connectivity index (χ2n) is 4.64. The van der Waals surface area contributed by atoms with Crippen molar-refractivity contribution in [1.82, 2.24) is 8.46 Å². The van der Waals surface area contributed by atoms with Crippen LogP contribution in [0.25, 0.3) is 0 Å². The van der Waals surface area contributed by atoms with Gasteiger partial charge in [-0.1, -0.05) is 26.2 Å². The zero-order valence-electron chi connectivity index (χ0n) is 10.3. The summed E-state index contributed by atoms with van der Waals surface area (Å²) in [6.45, 7) is 15.1. The second-order valence-corrected chi connectivity index (χ2v) is 13.4. The molecule has 1 aliphatic heterocycles. The van der Waals surface area contributed by atoms with Gasteiger partial charge in [0.25, 0.3) is 0 Å². The van der Waals surface area contributed by atoms with Crippen LogP contribution in [-0.2, 0) is 0 Å². The molecule has 1 saturated heterocycles. The normalized spacial score (nSPS) is 21.4. The van der Waals surface area contributed by atoms with Crippen LogP contribution in [0, 0.1) is 0 Å². The quantitative estimate of drug-likeness (QED) is 0.695. The lowest BCUT2D eigenvalue weighted by Crippen LogP contribution is -2.58. The molecule has 1 atom stereocenters. The van der Waals surface area contributed by atoms with Crippen LogP contribution in [0.4, 0.5) is 0 Å². The molecule has 0 bridgehead atoms. The fourth-order valence-electron chi connectivity index (χ4n) is 2.47. The number of nitrogens with zero attached hydrogens (tertiary/aromatic N) is 2. The Morgan fingerprint density at radius 3 is 1.79 bits per heavy atom. The molecule has 14 heavy (non-hydrogen) atoms. The molecule has 1 rings (SSSR count). The molecule has 0 aliphatic carbocycles. The first kappa shape index (κ1) is 12.6. The third kappa shape index (κ3) is 3.03. The molecule has 0 aromatic carbocycles. The Hall–Kier alpha value is 0.571. The lowest BCUT2D eigenvalue weighted by Gasteiger charge is -2.39. The molecule has 1 unspecified atom stereocenters. The summed E-state index contributed by atoms with van der Waals surface area (Å²) in [6.07, 6.45) is 2.88. The van der Waals surface area contributed by atoms with Crippen LogP contribution in [-0.4, -0.2) is 48.6 Å². The lowest BCUT2D eigenvalue weighted by atomic mass is 10.4. The van der Waals surface area contributed by atoms with Gasteiger partial charge >= 0.3 is 0 Å². The van der Waals surface area contributed by atoms with E-state index in [0.29, 0.717) is 0 Å². The fourth-order valence-corrected chi connectivity index (χ4v) is 14.4. The zero-order chi connectivity index (χ0) is 10.7. The van der Waals surface area contributed by atoms with E-state index in [9.17, 15) is 0 Å². The van der Waals surface area contributed by atoms with E-state index in [4.69, 9.17) is 0 Å². The maximum absolute atomic E-state index is 2.95. The number of hydrogen-bond donors (Lipinski definition) is 0. The minimum absolute atomic E-state index is 0.210. The van der Waals surface area contributed by atoms with Crippen molar-refractivity contribution in [2.75, 3.05) is 13.1 Å². The van der Waals surface area contributed by atoms with Crippen LogP contribution in [0.1, 0.15) is 12.8 Å². The largest absolute Gasteiger partial charge is 0.361 e. The Morgan fingerprint density at radius 1 is 1.00 bits per heavy atom. The van der Waals surface area contributed by atoms with Crippen molar-refractivity contribution >= 4 is 27.0 Å². The van der Waals surface area contributed by atoms with Crippen LogP contribution in [0.5, 0.6) is 0 Å². The van der Waals surface area contributed by atoms with Crippen LogP contribution >= 0.6 is 0 Å². The van der Waals surface area contributed by atoms with E-state index in [-0.39, 0.29) is 17.9 Å². The van der Waals surface area contributed by atoms with E-state index < -0.39 is 9.12 Å². The number of hydrogen-bond acceptors (Lipinski definition) is 2. The molecular weight excluding hydrogens is 220 g/mol. The summed E-state index contributed by atoms with van der Waals surface area (Å²) in [6, 6.07) is 0. The summed E-state index contributed by atoms with van der Waals surface area (Å²) < 4.78 is 5.75. The highest BCUT2D eigenvalue weighted by Crippen LogP contribution is 2.14. The molecule has 82 valence electrons. The first-order chi connectivity index (χ1) is 6.54. The van der Waals surface area contributed by atoms with E-state index in [1.165, 1.54) is 25.9 Å². The van der Waals surface area contributed by atoms with E-state index in [2.05, 4.69) is 41.2 Å². The summed E-state index contributed by atoms with van der Waals surface area (Å²) in [7, 11) is -1.15. The first-order valence-corrected chi connectivity index (χ1v) is 12.8. The van der Waals surface area contributed by atoms with Crippen molar-refractivity contribution in [3.8, 4) is 0 Å². The summed E-state index contributed by atoms with van der Waals surface area (Å²) in [4.78, 5) is 0. The van der Waals surface area contributed by atoms with Gasteiger partial charge in [0.2, 0.25) is 0 Å². The van der Waals surface area contributed by atoms with E-state index in [1.54, 1.807) is 0 Å². The molecule has 1 fully saturated rings. The predicted octanol–water partition coefficient (Wildman–Crippen LogP) is 1.74. The topological polar surface area (TPSA) is 6.48 Å². The molecule has 0 N–H and O–H groups in total. The summed E-state index contributed by atoms with van der Waals surface area (Å²) in [5.41, 5.74) is 0. The zero-order valence-corrected chi connectivity index (χ0v) is 13.5. The molecule has 5 heteroatoms. The van der Waals surface area contributed by atoms with Gasteiger partial charge < -0.3 is 8.46 Å². The molecule has 1 aliphatic rings. The third-order valence-electron chi connectivity index (χ3n) is 3.01. The first-order valence-electron chi connectivity index (χ1n) is 5.67. The highest BCUT2D eigenvalue weighted by Gasteiger charge is 2.29. The monoisotopic (exact) mass is 244 g/mol. The molecular formula is C9H24N2Si3. The van der Waals surface area contributed by atoms with Gasteiger partial charge in [0, 0.05) is 0 Å². The Kier molecular flexibility index (Phi) is 5.05. The highest BCUT2D eigenvalue weighted by molar-refractivity contribution is 6.84. The Balaban J connectivity index is 2.57. The molecule has 0 aromatic rings. The molecule has 2 radical (unpaired) electrons. The molecule has 2 nitrogen and oxygen atoms in total. The van der Waals surface area contributed by atoms with E-state index in [1.807, 2.05) is 0 Å². The summed E-state index contributed by atoms with van der Waals surface area (Å²) in [5, 5.41) is 0. The smallest absolute Gasteiger partial charge is 0.173 e. The van der Waals surface area contributed by atoms with E-state index >= 15 is 0 Å². The van der Waals surface area contributed by atoms with Gasteiger partial charge in [-0.3, -0.25) is 0 Å². The number of rotatable bonds is 4. The van der Waals surface area contributed by atoms with E-state index in [0.717, 1.165) is 0 Å². The SMILES string of the molecule is C[Si](C)N([Si](C)C)[SiH](C)N1CCCC1. The second kappa shape index (κ2) is 5.60. The van der Waals surface area contributed by atoms with Crippen LogP contribution < -0.4 is 0 Å². The van der Waals surface area contributed by atoms with Gasteiger partial charge in [0.05, 0.1) is 0 Å². The Bertz CT molecular complexity index is 161. The molecule has 0 saturated carbocycles. The average Bonchev–Trinajstić information content (AvgIpc) is 2.53. The van der Waals surface area contributed by atoms with Crippen LogP contribution in [0.2, 0.25) is 32.7 Å². The minimum Gasteiger partial charge on any atom is -0.361 e. The Morgan fingerprint density at radius 2 is 1.43 bits per heavy atom. The van der Waals surface area contributed by atoms with Gasteiger partial charge in [-0.15, -0.1) is 0 Å². The van der Waals surface area contributed by atoms with Crippen LogP contribution in [0.3, 0.4) is 0 Å². The molecule has 0 spiro atoms. The molecule has 0 amide bonds. The summed E-state index contributed by atoms with van der Waals surface area (Å²) in [5.74, 6) is 0. The minimum atomic E-state index is -0.728. The van der Waals surface area contributed by atoms with Gasteiger partial charge in [-0.2, -0.15) is 0 Å².